The molecular weight excluding hydrogens is 416 g/mol. The number of carbonyl (C=O) groups excluding carboxylic acids is 2. The summed E-state index contributed by atoms with van der Waals surface area (Å²) in [5.41, 5.74) is 2.57. The van der Waals surface area contributed by atoms with Crippen molar-refractivity contribution in [1.82, 2.24) is 10.2 Å². The Kier molecular flexibility index (Phi) is 7.45. The van der Waals surface area contributed by atoms with Crippen molar-refractivity contribution in [3.63, 3.8) is 0 Å². The fourth-order valence-electron chi connectivity index (χ4n) is 4.32. The minimum Gasteiger partial charge on any atom is -0.497 e. The lowest BCUT2D eigenvalue weighted by molar-refractivity contribution is -0.121. The van der Waals surface area contributed by atoms with Crippen molar-refractivity contribution < 1.29 is 18.7 Å². The zero-order valence-electron chi connectivity index (χ0n) is 19.0. The van der Waals surface area contributed by atoms with Crippen LogP contribution in [-0.4, -0.2) is 36.9 Å². The van der Waals surface area contributed by atoms with Crippen molar-refractivity contribution in [2.24, 2.45) is 5.92 Å². The molecule has 1 atom stereocenters. The number of hydrogen-bond acceptors (Lipinski definition) is 4. The molecule has 0 bridgehead atoms. The smallest absolute Gasteiger partial charge is 0.253 e. The Bertz CT molecular complexity index is 1080. The molecule has 1 unspecified atom stereocenters. The molecular formula is C27H30N2O4. The first-order chi connectivity index (χ1) is 16.1. The third-order valence-electron chi connectivity index (χ3n) is 6.12. The highest BCUT2D eigenvalue weighted by Crippen LogP contribution is 2.25. The lowest BCUT2D eigenvalue weighted by Crippen LogP contribution is -2.40. The second-order valence-electron chi connectivity index (χ2n) is 8.48. The van der Waals surface area contributed by atoms with Gasteiger partial charge in [0.25, 0.3) is 5.91 Å². The van der Waals surface area contributed by atoms with E-state index in [9.17, 15) is 9.59 Å². The molecule has 0 spiro atoms. The number of nitrogens with one attached hydrogen (secondary N) is 1. The fraction of sp³-hybridized carbons (Fsp3) is 0.333. The van der Waals surface area contributed by atoms with Crippen LogP contribution in [0.25, 0.3) is 11.3 Å². The van der Waals surface area contributed by atoms with Gasteiger partial charge in [-0.1, -0.05) is 24.3 Å². The van der Waals surface area contributed by atoms with Crippen molar-refractivity contribution in [2.75, 3.05) is 20.2 Å². The highest BCUT2D eigenvalue weighted by molar-refractivity contribution is 5.95. The van der Waals surface area contributed by atoms with Crippen LogP contribution < -0.4 is 10.1 Å². The van der Waals surface area contributed by atoms with E-state index in [0.717, 1.165) is 48.4 Å². The number of benzene rings is 2. The summed E-state index contributed by atoms with van der Waals surface area (Å²) < 4.78 is 10.7. The molecule has 1 fully saturated rings. The second kappa shape index (κ2) is 10.9. The average Bonchev–Trinajstić information content (AvgIpc) is 3.41. The summed E-state index contributed by atoms with van der Waals surface area (Å²) in [7, 11) is 1.63. The summed E-state index contributed by atoms with van der Waals surface area (Å²) in [5, 5.41) is 2.99. The van der Waals surface area contributed by atoms with Gasteiger partial charge in [-0.2, -0.15) is 0 Å². The zero-order chi connectivity index (χ0) is 23.0. The standard InChI is InChI=1S/C27H30N2O4/c1-32-24-10-2-6-21(16-24)18-28-26(30)13-12-20-7-4-14-29(19-20)27(31)23-9-3-8-22(17-23)25-11-5-15-33-25/h2-3,5-6,8-11,15-17,20H,4,7,12-14,18-19H2,1H3,(H,28,30). The van der Waals surface area contributed by atoms with Gasteiger partial charge in [0.05, 0.1) is 13.4 Å². The predicted octanol–water partition coefficient (Wildman–Crippen LogP) is 4.90. The van der Waals surface area contributed by atoms with E-state index in [1.54, 1.807) is 13.4 Å². The summed E-state index contributed by atoms with van der Waals surface area (Å²) >= 11 is 0. The van der Waals surface area contributed by atoms with Crippen LogP contribution in [0.15, 0.2) is 71.3 Å². The number of ether oxygens (including phenoxy) is 1. The molecule has 0 saturated carbocycles. The lowest BCUT2D eigenvalue weighted by Gasteiger charge is -2.33. The quantitative estimate of drug-likeness (QED) is 0.534. The largest absolute Gasteiger partial charge is 0.497 e. The van der Waals surface area contributed by atoms with Crippen molar-refractivity contribution in [3.05, 3.63) is 78.1 Å². The molecule has 33 heavy (non-hydrogen) atoms. The molecule has 1 aliphatic rings. The Labute approximate surface area is 194 Å². The predicted molar refractivity (Wildman–Crippen MR) is 127 cm³/mol. The van der Waals surface area contributed by atoms with E-state index >= 15 is 0 Å². The van der Waals surface area contributed by atoms with Crippen molar-refractivity contribution in [1.29, 1.82) is 0 Å². The first kappa shape index (κ1) is 22.6. The maximum Gasteiger partial charge on any atom is 0.253 e. The summed E-state index contributed by atoms with van der Waals surface area (Å²) in [4.78, 5) is 27.4. The van der Waals surface area contributed by atoms with Crippen molar-refractivity contribution in [3.8, 4) is 17.1 Å². The molecule has 0 radical (unpaired) electrons. The van der Waals surface area contributed by atoms with Crippen LogP contribution in [0.4, 0.5) is 0 Å². The van der Waals surface area contributed by atoms with Crippen LogP contribution in [0.5, 0.6) is 5.75 Å². The van der Waals surface area contributed by atoms with Gasteiger partial charge >= 0.3 is 0 Å². The normalized spacial score (nSPS) is 15.8. The zero-order valence-corrected chi connectivity index (χ0v) is 19.0. The van der Waals surface area contributed by atoms with Crippen molar-refractivity contribution in [2.45, 2.75) is 32.2 Å². The van der Waals surface area contributed by atoms with Gasteiger partial charge in [-0.05, 0) is 67.1 Å². The van der Waals surface area contributed by atoms with E-state index in [1.807, 2.05) is 65.6 Å². The summed E-state index contributed by atoms with van der Waals surface area (Å²) in [6.45, 7) is 1.92. The number of piperidine rings is 1. The molecule has 172 valence electrons. The molecule has 4 rings (SSSR count). The number of nitrogens with zero attached hydrogens (tertiary/aromatic N) is 1. The molecule has 2 amide bonds. The Hall–Kier alpha value is -3.54. The number of furan rings is 1. The van der Waals surface area contributed by atoms with Crippen LogP contribution >= 0.6 is 0 Å². The van der Waals surface area contributed by atoms with Gasteiger partial charge in [-0.3, -0.25) is 9.59 Å². The minimum atomic E-state index is 0.0346. The molecule has 1 N–H and O–H groups in total. The second-order valence-corrected chi connectivity index (χ2v) is 8.48. The van der Waals surface area contributed by atoms with Gasteiger partial charge in [-0.25, -0.2) is 0 Å². The Morgan fingerprint density at radius 1 is 1.12 bits per heavy atom. The van der Waals surface area contributed by atoms with E-state index < -0.39 is 0 Å². The first-order valence-corrected chi connectivity index (χ1v) is 11.4. The third-order valence-corrected chi connectivity index (χ3v) is 6.12. The van der Waals surface area contributed by atoms with Gasteiger partial charge in [-0.15, -0.1) is 0 Å². The summed E-state index contributed by atoms with van der Waals surface area (Å²) in [5.74, 6) is 1.94. The molecule has 2 heterocycles. The van der Waals surface area contributed by atoms with Crippen LogP contribution in [0.3, 0.4) is 0 Å². The maximum atomic E-state index is 13.1. The van der Waals surface area contributed by atoms with Gasteiger partial charge in [0, 0.05) is 37.2 Å². The Balaban J connectivity index is 1.27. The van der Waals surface area contributed by atoms with E-state index in [1.165, 1.54) is 0 Å². The number of hydrogen-bond donors (Lipinski definition) is 1. The molecule has 1 aliphatic heterocycles. The summed E-state index contributed by atoms with van der Waals surface area (Å²) in [6.07, 6.45) is 4.87. The third kappa shape index (κ3) is 6.04. The minimum absolute atomic E-state index is 0.0346. The van der Waals surface area contributed by atoms with Gasteiger partial charge in [0.1, 0.15) is 11.5 Å². The number of rotatable bonds is 8. The molecule has 1 saturated heterocycles. The molecule has 0 aliphatic carbocycles. The van der Waals surface area contributed by atoms with Crippen LogP contribution in [0, 0.1) is 5.92 Å². The SMILES string of the molecule is COc1cccc(CNC(=O)CCC2CCCN(C(=O)c3cccc(-c4ccco4)c3)C2)c1. The number of methoxy groups -OCH3 is 1. The Morgan fingerprint density at radius 3 is 2.82 bits per heavy atom. The molecule has 6 nitrogen and oxygen atoms in total. The van der Waals surface area contributed by atoms with Gasteiger partial charge < -0.3 is 19.4 Å². The van der Waals surface area contributed by atoms with Crippen LogP contribution in [0.1, 0.15) is 41.6 Å². The average molecular weight is 447 g/mol. The fourth-order valence-corrected chi connectivity index (χ4v) is 4.32. The highest BCUT2D eigenvalue weighted by atomic mass is 16.5. The van der Waals surface area contributed by atoms with E-state index in [4.69, 9.17) is 9.15 Å². The van der Waals surface area contributed by atoms with Gasteiger partial charge in [0.2, 0.25) is 5.91 Å². The monoisotopic (exact) mass is 446 g/mol. The lowest BCUT2D eigenvalue weighted by atomic mass is 9.92. The highest BCUT2D eigenvalue weighted by Gasteiger charge is 2.25. The number of carbonyl (C=O) groups is 2. The summed E-state index contributed by atoms with van der Waals surface area (Å²) in [6, 6.07) is 19.0. The first-order valence-electron chi connectivity index (χ1n) is 11.4. The van der Waals surface area contributed by atoms with Crippen molar-refractivity contribution >= 4 is 11.8 Å². The number of likely N-dealkylation sites (tertiary alicyclic amines) is 1. The van der Waals surface area contributed by atoms with Crippen LogP contribution in [-0.2, 0) is 11.3 Å². The van der Waals surface area contributed by atoms with E-state index in [-0.39, 0.29) is 11.8 Å². The topological polar surface area (TPSA) is 71.8 Å². The Morgan fingerprint density at radius 2 is 2.00 bits per heavy atom. The molecule has 6 heteroatoms. The molecule has 3 aromatic rings. The number of amides is 2. The van der Waals surface area contributed by atoms with E-state index in [0.29, 0.717) is 31.0 Å². The van der Waals surface area contributed by atoms with E-state index in [2.05, 4.69) is 5.32 Å². The molecule has 1 aromatic heterocycles. The molecule has 2 aromatic carbocycles. The van der Waals surface area contributed by atoms with Crippen LogP contribution in [0.2, 0.25) is 0 Å². The maximum absolute atomic E-state index is 13.1. The van der Waals surface area contributed by atoms with Gasteiger partial charge in [0.15, 0.2) is 0 Å².